The standard InChI is InChI=1S/C23H19N3O5/c1-30-19-9-2-15(3-10-19)14-24-16-4-6-17(7-5-16)25-21-13-23(27)31-22-11-8-18(26(28)29)12-20(21)22/h2-13,24-25H,14H2,1H3. The van der Waals surface area contributed by atoms with E-state index in [1.165, 1.54) is 24.3 Å². The van der Waals surface area contributed by atoms with Crippen LogP contribution in [0.15, 0.2) is 82.0 Å². The predicted molar refractivity (Wildman–Crippen MR) is 119 cm³/mol. The van der Waals surface area contributed by atoms with Gasteiger partial charge in [0.2, 0.25) is 0 Å². The maximum absolute atomic E-state index is 11.9. The van der Waals surface area contributed by atoms with Crippen molar-refractivity contribution in [3.05, 3.63) is 98.9 Å². The second-order valence-corrected chi connectivity index (χ2v) is 6.82. The maximum atomic E-state index is 11.9. The molecule has 0 atom stereocenters. The number of benzene rings is 3. The average molecular weight is 417 g/mol. The van der Waals surface area contributed by atoms with Crippen molar-refractivity contribution in [2.75, 3.05) is 17.7 Å². The number of nitro benzene ring substituents is 1. The van der Waals surface area contributed by atoms with Crippen LogP contribution in [0.3, 0.4) is 0 Å². The molecule has 156 valence electrons. The third-order valence-corrected chi connectivity index (χ3v) is 4.76. The van der Waals surface area contributed by atoms with E-state index < -0.39 is 10.5 Å². The summed E-state index contributed by atoms with van der Waals surface area (Å²) in [7, 11) is 1.63. The number of rotatable bonds is 7. The zero-order chi connectivity index (χ0) is 21.8. The topological polar surface area (TPSA) is 107 Å². The number of anilines is 3. The van der Waals surface area contributed by atoms with E-state index in [9.17, 15) is 14.9 Å². The predicted octanol–water partition coefficient (Wildman–Crippen LogP) is 5.07. The van der Waals surface area contributed by atoms with Crippen LogP contribution in [0.2, 0.25) is 0 Å². The highest BCUT2D eigenvalue weighted by atomic mass is 16.6. The fraction of sp³-hybridized carbons (Fsp3) is 0.0870. The van der Waals surface area contributed by atoms with Crippen LogP contribution < -0.4 is 21.0 Å². The van der Waals surface area contributed by atoms with Gasteiger partial charge >= 0.3 is 5.63 Å². The van der Waals surface area contributed by atoms with Gasteiger partial charge in [-0.15, -0.1) is 0 Å². The van der Waals surface area contributed by atoms with Crippen LogP contribution in [0.25, 0.3) is 11.0 Å². The Labute approximate surface area is 177 Å². The lowest BCUT2D eigenvalue weighted by Gasteiger charge is -2.11. The number of hydrogen-bond acceptors (Lipinski definition) is 7. The summed E-state index contributed by atoms with van der Waals surface area (Å²) >= 11 is 0. The van der Waals surface area contributed by atoms with E-state index in [4.69, 9.17) is 9.15 Å². The Bertz CT molecular complexity index is 1280. The number of nitrogens with one attached hydrogen (secondary N) is 2. The quantitative estimate of drug-likeness (QED) is 0.246. The smallest absolute Gasteiger partial charge is 0.338 e. The van der Waals surface area contributed by atoms with Crippen molar-refractivity contribution < 1.29 is 14.1 Å². The van der Waals surface area contributed by atoms with E-state index in [0.29, 0.717) is 17.6 Å². The summed E-state index contributed by atoms with van der Waals surface area (Å²) in [5.74, 6) is 0.812. The van der Waals surface area contributed by atoms with E-state index in [1.807, 2.05) is 48.5 Å². The molecular weight excluding hydrogens is 398 g/mol. The molecule has 0 fully saturated rings. The molecule has 0 aliphatic heterocycles. The summed E-state index contributed by atoms with van der Waals surface area (Å²) in [6.45, 7) is 0.658. The molecule has 0 radical (unpaired) electrons. The van der Waals surface area contributed by atoms with Crippen molar-refractivity contribution in [1.29, 1.82) is 0 Å². The molecule has 31 heavy (non-hydrogen) atoms. The number of nitrogens with zero attached hydrogens (tertiary/aromatic N) is 1. The Hall–Kier alpha value is -4.33. The fourth-order valence-corrected chi connectivity index (χ4v) is 3.14. The van der Waals surface area contributed by atoms with Gasteiger partial charge in [0.15, 0.2) is 0 Å². The highest BCUT2D eigenvalue weighted by Gasteiger charge is 2.12. The van der Waals surface area contributed by atoms with Gasteiger partial charge in [0.1, 0.15) is 11.3 Å². The third kappa shape index (κ3) is 4.64. The third-order valence-electron chi connectivity index (χ3n) is 4.76. The van der Waals surface area contributed by atoms with Gasteiger partial charge in [-0.3, -0.25) is 10.1 Å². The minimum Gasteiger partial charge on any atom is -0.497 e. The Kier molecular flexibility index (Phi) is 5.53. The molecule has 0 spiro atoms. The number of hydrogen-bond donors (Lipinski definition) is 2. The first-order valence-corrected chi connectivity index (χ1v) is 9.48. The fourth-order valence-electron chi connectivity index (χ4n) is 3.14. The highest BCUT2D eigenvalue weighted by molar-refractivity contribution is 5.93. The van der Waals surface area contributed by atoms with Crippen molar-refractivity contribution >= 4 is 33.7 Å². The van der Waals surface area contributed by atoms with Crippen molar-refractivity contribution in [2.24, 2.45) is 0 Å². The van der Waals surface area contributed by atoms with Gasteiger partial charge in [0.05, 0.1) is 17.7 Å². The second kappa shape index (κ2) is 8.58. The SMILES string of the molecule is COc1ccc(CNc2ccc(Nc3cc(=O)oc4ccc([N+](=O)[O-])cc34)cc2)cc1. The van der Waals surface area contributed by atoms with Gasteiger partial charge in [-0.25, -0.2) is 4.79 Å². The number of methoxy groups -OCH3 is 1. The van der Waals surface area contributed by atoms with Crippen molar-refractivity contribution in [3.8, 4) is 5.75 Å². The summed E-state index contributed by atoms with van der Waals surface area (Å²) in [4.78, 5) is 22.5. The Morgan fingerprint density at radius 1 is 0.968 bits per heavy atom. The molecule has 1 aromatic heterocycles. The molecule has 0 aliphatic carbocycles. The van der Waals surface area contributed by atoms with E-state index in [0.717, 1.165) is 22.7 Å². The van der Waals surface area contributed by atoms with Crippen LogP contribution in [-0.2, 0) is 6.54 Å². The molecule has 0 saturated heterocycles. The molecule has 0 bridgehead atoms. The minimum absolute atomic E-state index is 0.0810. The Morgan fingerprint density at radius 3 is 2.35 bits per heavy atom. The van der Waals surface area contributed by atoms with Crippen molar-refractivity contribution in [3.63, 3.8) is 0 Å². The lowest BCUT2D eigenvalue weighted by Crippen LogP contribution is -2.02. The number of non-ortho nitro benzene ring substituents is 1. The summed E-state index contributed by atoms with van der Waals surface area (Å²) < 4.78 is 10.3. The van der Waals surface area contributed by atoms with Crippen LogP contribution in [0.5, 0.6) is 5.75 Å². The van der Waals surface area contributed by atoms with Crippen molar-refractivity contribution in [2.45, 2.75) is 6.54 Å². The van der Waals surface area contributed by atoms with Gasteiger partial charge in [-0.1, -0.05) is 12.1 Å². The molecule has 8 nitrogen and oxygen atoms in total. The van der Waals surface area contributed by atoms with Gasteiger partial charge in [-0.2, -0.15) is 0 Å². The first kappa shape index (κ1) is 20.0. The normalized spacial score (nSPS) is 10.6. The summed E-state index contributed by atoms with van der Waals surface area (Å²) in [5.41, 5.74) is 2.87. The van der Waals surface area contributed by atoms with Crippen LogP contribution in [-0.4, -0.2) is 12.0 Å². The molecule has 0 amide bonds. The molecular formula is C23H19N3O5. The molecule has 8 heteroatoms. The molecule has 1 heterocycles. The van der Waals surface area contributed by atoms with Gasteiger partial charge in [-0.05, 0) is 48.0 Å². The van der Waals surface area contributed by atoms with E-state index in [-0.39, 0.29) is 11.3 Å². The highest BCUT2D eigenvalue weighted by Crippen LogP contribution is 2.29. The van der Waals surface area contributed by atoms with E-state index >= 15 is 0 Å². The van der Waals surface area contributed by atoms with E-state index in [1.54, 1.807) is 7.11 Å². The largest absolute Gasteiger partial charge is 0.497 e. The Morgan fingerprint density at radius 2 is 1.68 bits per heavy atom. The molecule has 2 N–H and O–H groups in total. The lowest BCUT2D eigenvalue weighted by atomic mass is 10.1. The number of ether oxygens (including phenoxy) is 1. The number of nitro groups is 1. The van der Waals surface area contributed by atoms with Gasteiger partial charge in [0.25, 0.3) is 5.69 Å². The molecule has 0 unspecified atom stereocenters. The molecule has 0 saturated carbocycles. The molecule has 3 aromatic carbocycles. The summed E-state index contributed by atoms with van der Waals surface area (Å²) in [6, 6.07) is 20.7. The average Bonchev–Trinajstić information content (AvgIpc) is 2.78. The van der Waals surface area contributed by atoms with Gasteiger partial charge < -0.3 is 19.8 Å². The van der Waals surface area contributed by atoms with Gasteiger partial charge in [0, 0.05) is 41.5 Å². The molecule has 4 rings (SSSR count). The zero-order valence-electron chi connectivity index (χ0n) is 16.6. The van der Waals surface area contributed by atoms with Crippen LogP contribution in [0.4, 0.5) is 22.7 Å². The monoisotopic (exact) mass is 417 g/mol. The number of fused-ring (bicyclic) bond motifs is 1. The van der Waals surface area contributed by atoms with Crippen LogP contribution in [0, 0.1) is 10.1 Å². The molecule has 0 aliphatic rings. The first-order chi connectivity index (χ1) is 15.0. The second-order valence-electron chi connectivity index (χ2n) is 6.82. The van der Waals surface area contributed by atoms with Crippen LogP contribution in [0.1, 0.15) is 5.56 Å². The van der Waals surface area contributed by atoms with E-state index in [2.05, 4.69) is 10.6 Å². The van der Waals surface area contributed by atoms with Crippen LogP contribution >= 0.6 is 0 Å². The molecule has 4 aromatic rings. The minimum atomic E-state index is -0.540. The zero-order valence-corrected chi connectivity index (χ0v) is 16.6. The Balaban J connectivity index is 1.50. The maximum Gasteiger partial charge on any atom is 0.338 e. The van der Waals surface area contributed by atoms with Crippen molar-refractivity contribution in [1.82, 2.24) is 0 Å². The first-order valence-electron chi connectivity index (χ1n) is 9.48. The summed E-state index contributed by atoms with van der Waals surface area (Å²) in [5, 5.41) is 18.0. The lowest BCUT2D eigenvalue weighted by molar-refractivity contribution is -0.384. The summed E-state index contributed by atoms with van der Waals surface area (Å²) in [6.07, 6.45) is 0.